The number of halogens is 2. The van der Waals surface area contributed by atoms with Crippen molar-refractivity contribution in [1.82, 2.24) is 15.3 Å². The summed E-state index contributed by atoms with van der Waals surface area (Å²) in [5.74, 6) is 0.0405. The molecule has 30 heavy (non-hydrogen) atoms. The van der Waals surface area contributed by atoms with Crippen molar-refractivity contribution in [3.63, 3.8) is 0 Å². The molecule has 0 spiro atoms. The van der Waals surface area contributed by atoms with E-state index in [0.29, 0.717) is 30.7 Å². The average molecular weight is 412 g/mol. The van der Waals surface area contributed by atoms with Crippen molar-refractivity contribution < 1.29 is 18.3 Å². The van der Waals surface area contributed by atoms with E-state index in [-0.39, 0.29) is 29.0 Å². The van der Waals surface area contributed by atoms with E-state index in [1.807, 2.05) is 6.07 Å². The predicted molar refractivity (Wildman–Crippen MR) is 103 cm³/mol. The van der Waals surface area contributed by atoms with Crippen LogP contribution in [0.25, 0.3) is 0 Å². The maximum atomic E-state index is 14.0. The Hall–Kier alpha value is -3.08. The fourth-order valence-electron chi connectivity index (χ4n) is 4.54. The maximum Gasteiger partial charge on any atom is 0.232 e. The molecule has 3 fully saturated rings. The quantitative estimate of drug-likeness (QED) is 0.784. The normalized spacial score (nSPS) is 25.5. The van der Waals surface area contributed by atoms with Crippen molar-refractivity contribution in [2.75, 3.05) is 6.61 Å². The molecule has 1 aromatic carbocycles. The van der Waals surface area contributed by atoms with E-state index in [0.717, 1.165) is 31.0 Å². The molecule has 8 heteroatoms. The first-order valence-corrected chi connectivity index (χ1v) is 10.0. The molecular weight excluding hydrogens is 390 g/mol. The summed E-state index contributed by atoms with van der Waals surface area (Å²) in [5, 5.41) is 11.6. The molecule has 1 heterocycles. The fourth-order valence-corrected chi connectivity index (χ4v) is 4.54. The van der Waals surface area contributed by atoms with E-state index in [1.54, 1.807) is 6.92 Å². The molecule has 6 nitrogen and oxygen atoms in total. The highest BCUT2D eigenvalue weighted by atomic mass is 19.1. The number of nitrogens with one attached hydrogen (secondary N) is 1. The van der Waals surface area contributed by atoms with Gasteiger partial charge >= 0.3 is 0 Å². The van der Waals surface area contributed by atoms with Crippen LogP contribution in [0.1, 0.15) is 43.5 Å². The van der Waals surface area contributed by atoms with Gasteiger partial charge in [-0.3, -0.25) is 4.79 Å². The number of amides is 1. The summed E-state index contributed by atoms with van der Waals surface area (Å²) >= 11 is 0. The van der Waals surface area contributed by atoms with Crippen LogP contribution >= 0.6 is 0 Å². The lowest BCUT2D eigenvalue weighted by Crippen LogP contribution is -2.50. The molecule has 1 N–H and O–H groups in total. The second-order valence-corrected chi connectivity index (χ2v) is 8.15. The number of ether oxygens (including phenoxy) is 1. The van der Waals surface area contributed by atoms with Crippen LogP contribution in [0.3, 0.4) is 0 Å². The Balaban J connectivity index is 1.35. The summed E-state index contributed by atoms with van der Waals surface area (Å²) in [7, 11) is 0. The monoisotopic (exact) mass is 412 g/mol. The first-order chi connectivity index (χ1) is 14.4. The maximum absolute atomic E-state index is 14.0. The van der Waals surface area contributed by atoms with Gasteiger partial charge in [-0.25, -0.2) is 18.7 Å². The smallest absolute Gasteiger partial charge is 0.232 e. The Morgan fingerprint density at radius 2 is 2.07 bits per heavy atom. The average Bonchev–Trinajstić information content (AvgIpc) is 2.73. The number of hydrogen-bond donors (Lipinski definition) is 1. The van der Waals surface area contributed by atoms with Crippen molar-refractivity contribution >= 4 is 5.91 Å². The number of carbonyl (C=O) groups is 1. The van der Waals surface area contributed by atoms with Crippen molar-refractivity contribution in [3.05, 3.63) is 53.5 Å². The van der Waals surface area contributed by atoms with Crippen molar-refractivity contribution in [2.45, 2.75) is 32.2 Å². The van der Waals surface area contributed by atoms with Crippen LogP contribution in [0.4, 0.5) is 8.78 Å². The number of nitrogens with zero attached hydrogens (tertiary/aromatic N) is 3. The topological polar surface area (TPSA) is 87.9 Å². The summed E-state index contributed by atoms with van der Waals surface area (Å²) in [4.78, 5) is 20.9. The Morgan fingerprint density at radius 1 is 1.27 bits per heavy atom. The Kier molecular flexibility index (Phi) is 5.62. The van der Waals surface area contributed by atoms with Gasteiger partial charge in [-0.15, -0.1) is 0 Å². The van der Waals surface area contributed by atoms with E-state index in [2.05, 4.69) is 15.3 Å². The zero-order valence-corrected chi connectivity index (χ0v) is 16.5. The summed E-state index contributed by atoms with van der Waals surface area (Å²) in [6.45, 7) is 2.09. The summed E-state index contributed by atoms with van der Waals surface area (Å²) < 4.78 is 33.2. The minimum atomic E-state index is -0.616. The second-order valence-electron chi connectivity index (χ2n) is 8.15. The minimum absolute atomic E-state index is 0.127. The van der Waals surface area contributed by atoms with Gasteiger partial charge in [0, 0.05) is 11.5 Å². The first kappa shape index (κ1) is 20.2. The molecule has 3 atom stereocenters. The minimum Gasteiger partial charge on any atom is -0.476 e. The summed E-state index contributed by atoms with van der Waals surface area (Å²) in [5.41, 5.74) is 0.368. The van der Waals surface area contributed by atoms with Gasteiger partial charge in [0.05, 0.1) is 25.0 Å². The molecule has 2 aromatic rings. The number of fused-ring (bicyclic) bond motifs is 2. The highest BCUT2D eigenvalue weighted by molar-refractivity contribution is 5.79. The van der Waals surface area contributed by atoms with E-state index in [9.17, 15) is 13.6 Å². The van der Waals surface area contributed by atoms with Crippen LogP contribution in [0, 0.1) is 46.6 Å². The number of hydrogen-bond acceptors (Lipinski definition) is 5. The SMILES string of the molecule is C[C@H](NC(=O)C1CC(COc2cnc(C#N)cn2)C2CC1C2)c1cc(F)ccc1F. The zero-order chi connectivity index (χ0) is 21.3. The molecule has 1 aromatic heterocycles. The molecule has 2 unspecified atom stereocenters. The molecule has 3 aliphatic rings. The van der Waals surface area contributed by atoms with Crippen molar-refractivity contribution in [1.29, 1.82) is 5.26 Å². The van der Waals surface area contributed by atoms with E-state index >= 15 is 0 Å². The van der Waals surface area contributed by atoms with Crippen LogP contribution in [-0.4, -0.2) is 22.5 Å². The lowest BCUT2D eigenvalue weighted by Gasteiger charge is -2.50. The molecule has 3 saturated carbocycles. The zero-order valence-electron chi connectivity index (χ0n) is 16.5. The van der Waals surface area contributed by atoms with Crippen molar-refractivity contribution in [2.24, 2.45) is 23.7 Å². The third-order valence-corrected chi connectivity index (χ3v) is 6.31. The molecule has 0 radical (unpaired) electrons. The number of carbonyl (C=O) groups excluding carboxylic acids is 1. The van der Waals surface area contributed by atoms with E-state index < -0.39 is 17.7 Å². The molecule has 5 rings (SSSR count). The highest BCUT2D eigenvalue weighted by Crippen LogP contribution is 2.52. The molecule has 3 aliphatic carbocycles. The fraction of sp³-hybridized carbons (Fsp3) is 0.455. The molecule has 2 bridgehead atoms. The van der Waals surface area contributed by atoms with Crippen LogP contribution in [-0.2, 0) is 4.79 Å². The molecule has 0 aliphatic heterocycles. The first-order valence-electron chi connectivity index (χ1n) is 10.0. The number of benzene rings is 1. The molecule has 1 amide bonds. The molecule has 0 saturated heterocycles. The Labute approximate surface area is 173 Å². The van der Waals surface area contributed by atoms with Gasteiger partial charge in [0.2, 0.25) is 11.8 Å². The lowest BCUT2D eigenvalue weighted by atomic mass is 9.55. The van der Waals surface area contributed by atoms with Gasteiger partial charge in [0.25, 0.3) is 0 Å². The summed E-state index contributed by atoms with van der Waals surface area (Å²) in [6.07, 6.45) is 5.40. The van der Waals surface area contributed by atoms with Crippen LogP contribution in [0.2, 0.25) is 0 Å². The third-order valence-electron chi connectivity index (χ3n) is 6.31. The highest BCUT2D eigenvalue weighted by Gasteiger charge is 2.48. The summed E-state index contributed by atoms with van der Waals surface area (Å²) in [6, 6.07) is 4.55. The van der Waals surface area contributed by atoms with Gasteiger partial charge in [-0.1, -0.05) is 0 Å². The van der Waals surface area contributed by atoms with Crippen molar-refractivity contribution in [3.8, 4) is 11.9 Å². The Bertz CT molecular complexity index is 970. The lowest BCUT2D eigenvalue weighted by molar-refractivity contribution is -0.136. The Morgan fingerprint density at radius 3 is 2.77 bits per heavy atom. The largest absolute Gasteiger partial charge is 0.476 e. The molecule has 156 valence electrons. The van der Waals surface area contributed by atoms with Crippen LogP contribution in [0.5, 0.6) is 5.88 Å². The standard InChI is InChI=1S/C22H22F2N4O2/c1-12(18-7-16(23)2-3-20(18)24)28-22(29)19-6-15(13-4-14(19)5-13)11-30-21-10-26-17(8-25)9-27-21/h2-3,7,9-10,12-15,19H,4-6,11H2,1H3,(H,28,29)/t12-,13?,14?,15?,19?/m0/s1. The van der Waals surface area contributed by atoms with Crippen LogP contribution < -0.4 is 10.1 Å². The molecular formula is C22H22F2N4O2. The second kappa shape index (κ2) is 8.34. The predicted octanol–water partition coefficient (Wildman–Crippen LogP) is 3.54. The van der Waals surface area contributed by atoms with Gasteiger partial charge in [0.1, 0.15) is 17.7 Å². The number of nitriles is 1. The van der Waals surface area contributed by atoms with E-state index in [4.69, 9.17) is 10.00 Å². The van der Waals surface area contributed by atoms with Gasteiger partial charge in [0.15, 0.2) is 5.69 Å². The van der Waals surface area contributed by atoms with Gasteiger partial charge < -0.3 is 10.1 Å². The number of rotatable bonds is 6. The van der Waals surface area contributed by atoms with E-state index in [1.165, 1.54) is 12.4 Å². The van der Waals surface area contributed by atoms with Gasteiger partial charge in [-0.05, 0) is 62.1 Å². The number of aromatic nitrogens is 2. The van der Waals surface area contributed by atoms with Crippen LogP contribution in [0.15, 0.2) is 30.6 Å². The van der Waals surface area contributed by atoms with Gasteiger partial charge in [-0.2, -0.15) is 5.26 Å². The third kappa shape index (κ3) is 4.11.